The molecule has 1 rings (SSSR count). The fourth-order valence-electron chi connectivity index (χ4n) is 0.877. The second-order valence-corrected chi connectivity index (χ2v) is 2.77. The van der Waals surface area contributed by atoms with Gasteiger partial charge in [-0.3, -0.25) is 0 Å². The molecule has 14 heavy (non-hydrogen) atoms. The number of phenolic OH excluding ortho intramolecular Hbond substituents is 1. The molecule has 78 valence electrons. The van der Waals surface area contributed by atoms with E-state index < -0.39 is 12.8 Å². The number of benzene rings is 1. The van der Waals surface area contributed by atoms with Crippen LogP contribution in [0.1, 0.15) is 5.56 Å². The number of ether oxygens (including phenoxy) is 1. The number of halogens is 3. The summed E-state index contributed by atoms with van der Waals surface area (Å²) in [4.78, 5) is 0. The summed E-state index contributed by atoms with van der Waals surface area (Å²) >= 11 is 0. The van der Waals surface area contributed by atoms with Gasteiger partial charge in [-0.2, -0.15) is 13.2 Å². The molecular weight excluding hydrogens is 197 g/mol. The lowest BCUT2D eigenvalue weighted by molar-refractivity contribution is -0.176. The molecule has 0 unspecified atom stereocenters. The summed E-state index contributed by atoms with van der Waals surface area (Å²) in [5.74, 6) is 0.0737. The van der Waals surface area contributed by atoms with Gasteiger partial charge in [0.05, 0.1) is 6.61 Å². The summed E-state index contributed by atoms with van der Waals surface area (Å²) < 4.78 is 39.4. The van der Waals surface area contributed by atoms with Gasteiger partial charge in [-0.15, -0.1) is 0 Å². The Bertz CT molecular complexity index is 279. The molecule has 0 aliphatic heterocycles. The van der Waals surface area contributed by atoms with Gasteiger partial charge >= 0.3 is 6.18 Å². The van der Waals surface area contributed by atoms with Crippen LogP contribution in [0, 0.1) is 0 Å². The predicted molar refractivity (Wildman–Crippen MR) is 43.8 cm³/mol. The molecule has 5 heteroatoms. The molecule has 1 N–H and O–H groups in total. The van der Waals surface area contributed by atoms with Crippen molar-refractivity contribution in [1.29, 1.82) is 0 Å². The zero-order chi connectivity index (χ0) is 10.6. The van der Waals surface area contributed by atoms with E-state index in [0.717, 1.165) is 0 Å². The zero-order valence-corrected chi connectivity index (χ0v) is 7.21. The summed E-state index contributed by atoms with van der Waals surface area (Å²) in [6.07, 6.45) is -4.29. The maximum absolute atomic E-state index is 11.7. The van der Waals surface area contributed by atoms with Crippen molar-refractivity contribution < 1.29 is 23.0 Å². The maximum Gasteiger partial charge on any atom is 0.411 e. The van der Waals surface area contributed by atoms with Crippen molar-refractivity contribution in [2.45, 2.75) is 12.8 Å². The van der Waals surface area contributed by atoms with Crippen LogP contribution in [0.5, 0.6) is 5.75 Å². The van der Waals surface area contributed by atoms with E-state index >= 15 is 0 Å². The zero-order valence-electron chi connectivity index (χ0n) is 7.21. The summed E-state index contributed by atoms with van der Waals surface area (Å²) in [5, 5.41) is 8.89. The molecule has 0 saturated heterocycles. The molecule has 1 aromatic rings. The minimum absolute atomic E-state index is 0.0737. The van der Waals surface area contributed by atoms with E-state index in [-0.39, 0.29) is 12.4 Å². The lowest BCUT2D eigenvalue weighted by Gasteiger charge is -2.07. The molecule has 0 spiro atoms. The SMILES string of the molecule is Oc1ccc(COCC(F)(F)F)cc1. The predicted octanol–water partition coefficient (Wildman–Crippen LogP) is 2.47. The van der Waals surface area contributed by atoms with Crippen LogP contribution in [-0.4, -0.2) is 17.9 Å². The van der Waals surface area contributed by atoms with Crippen molar-refractivity contribution in [2.24, 2.45) is 0 Å². The minimum Gasteiger partial charge on any atom is -0.508 e. The summed E-state index contributed by atoms with van der Waals surface area (Å²) in [6.45, 7) is -1.37. The Hall–Kier alpha value is -1.23. The van der Waals surface area contributed by atoms with Gasteiger partial charge in [-0.1, -0.05) is 12.1 Å². The average Bonchev–Trinajstić information content (AvgIpc) is 2.06. The van der Waals surface area contributed by atoms with Crippen LogP contribution in [0.3, 0.4) is 0 Å². The highest BCUT2D eigenvalue weighted by Crippen LogP contribution is 2.16. The van der Waals surface area contributed by atoms with E-state index in [1.807, 2.05) is 0 Å². The van der Waals surface area contributed by atoms with Crippen LogP contribution >= 0.6 is 0 Å². The van der Waals surface area contributed by atoms with Gasteiger partial charge in [0.25, 0.3) is 0 Å². The summed E-state index contributed by atoms with van der Waals surface area (Å²) in [7, 11) is 0. The van der Waals surface area contributed by atoms with E-state index in [2.05, 4.69) is 4.74 Å². The Balaban J connectivity index is 2.35. The second kappa shape index (κ2) is 4.32. The monoisotopic (exact) mass is 206 g/mol. The first-order valence-corrected chi connectivity index (χ1v) is 3.90. The fourth-order valence-corrected chi connectivity index (χ4v) is 0.877. The lowest BCUT2D eigenvalue weighted by Crippen LogP contribution is -2.16. The Morgan fingerprint density at radius 1 is 1.14 bits per heavy atom. The molecule has 0 radical (unpaired) electrons. The Kier molecular flexibility index (Phi) is 3.35. The highest BCUT2D eigenvalue weighted by Gasteiger charge is 2.27. The van der Waals surface area contributed by atoms with Gasteiger partial charge in [0.15, 0.2) is 0 Å². The van der Waals surface area contributed by atoms with Crippen molar-refractivity contribution in [3.63, 3.8) is 0 Å². The number of hydrogen-bond acceptors (Lipinski definition) is 2. The molecule has 0 saturated carbocycles. The molecule has 2 nitrogen and oxygen atoms in total. The molecular formula is C9H9F3O2. The van der Waals surface area contributed by atoms with Gasteiger partial charge < -0.3 is 9.84 Å². The number of rotatable bonds is 3. The molecule has 0 bridgehead atoms. The molecule has 0 aliphatic carbocycles. The minimum atomic E-state index is -4.29. The highest BCUT2D eigenvalue weighted by molar-refractivity contribution is 5.25. The first-order valence-electron chi connectivity index (χ1n) is 3.90. The van der Waals surface area contributed by atoms with Crippen LogP contribution in [0.15, 0.2) is 24.3 Å². The van der Waals surface area contributed by atoms with E-state index in [1.54, 1.807) is 0 Å². The Morgan fingerprint density at radius 2 is 1.71 bits per heavy atom. The fraction of sp³-hybridized carbons (Fsp3) is 0.333. The van der Waals surface area contributed by atoms with Crippen molar-refractivity contribution >= 4 is 0 Å². The van der Waals surface area contributed by atoms with Gasteiger partial charge in [0, 0.05) is 0 Å². The summed E-state index contributed by atoms with van der Waals surface area (Å²) in [5.41, 5.74) is 0.590. The Morgan fingerprint density at radius 3 is 2.21 bits per heavy atom. The topological polar surface area (TPSA) is 29.5 Å². The molecule has 0 aliphatic rings. The molecule has 0 aromatic heterocycles. The van der Waals surface area contributed by atoms with Crippen molar-refractivity contribution in [3.05, 3.63) is 29.8 Å². The average molecular weight is 206 g/mol. The van der Waals surface area contributed by atoms with E-state index in [9.17, 15) is 13.2 Å². The number of phenols is 1. The van der Waals surface area contributed by atoms with Gasteiger partial charge in [-0.05, 0) is 17.7 Å². The summed E-state index contributed by atoms with van der Waals surface area (Å²) in [6, 6.07) is 5.80. The van der Waals surface area contributed by atoms with Crippen LogP contribution in [0.4, 0.5) is 13.2 Å². The van der Waals surface area contributed by atoms with Gasteiger partial charge in [-0.25, -0.2) is 0 Å². The standard InChI is InChI=1S/C9H9F3O2/c10-9(11,12)6-14-5-7-1-3-8(13)4-2-7/h1-4,13H,5-6H2. The maximum atomic E-state index is 11.7. The smallest absolute Gasteiger partial charge is 0.411 e. The van der Waals surface area contributed by atoms with Crippen LogP contribution < -0.4 is 0 Å². The van der Waals surface area contributed by atoms with E-state index in [4.69, 9.17) is 5.11 Å². The van der Waals surface area contributed by atoms with Gasteiger partial charge in [0.1, 0.15) is 12.4 Å². The first-order chi connectivity index (χ1) is 6.47. The third kappa shape index (κ3) is 4.13. The molecule has 0 amide bonds. The molecule has 0 heterocycles. The van der Waals surface area contributed by atoms with E-state index in [0.29, 0.717) is 5.56 Å². The third-order valence-corrected chi connectivity index (χ3v) is 1.47. The van der Waals surface area contributed by atoms with Crippen molar-refractivity contribution in [1.82, 2.24) is 0 Å². The van der Waals surface area contributed by atoms with Gasteiger partial charge in [0.2, 0.25) is 0 Å². The largest absolute Gasteiger partial charge is 0.508 e. The second-order valence-electron chi connectivity index (χ2n) is 2.77. The van der Waals surface area contributed by atoms with Crippen molar-refractivity contribution in [2.75, 3.05) is 6.61 Å². The van der Waals surface area contributed by atoms with Crippen LogP contribution in [-0.2, 0) is 11.3 Å². The third-order valence-electron chi connectivity index (χ3n) is 1.47. The van der Waals surface area contributed by atoms with Crippen molar-refractivity contribution in [3.8, 4) is 5.75 Å². The first kappa shape index (κ1) is 10.8. The highest BCUT2D eigenvalue weighted by atomic mass is 19.4. The molecule has 0 fully saturated rings. The number of aromatic hydroxyl groups is 1. The molecule has 0 atom stereocenters. The van der Waals surface area contributed by atoms with Crippen LogP contribution in [0.2, 0.25) is 0 Å². The van der Waals surface area contributed by atoms with E-state index in [1.165, 1.54) is 24.3 Å². The van der Waals surface area contributed by atoms with Crippen LogP contribution in [0.25, 0.3) is 0 Å². The quantitative estimate of drug-likeness (QED) is 0.823. The Labute approximate surface area is 78.9 Å². The molecule has 1 aromatic carbocycles. The lowest BCUT2D eigenvalue weighted by atomic mass is 10.2. The number of alkyl halides is 3. The number of hydrogen-bond donors (Lipinski definition) is 1. The normalized spacial score (nSPS) is 11.6.